The lowest BCUT2D eigenvalue weighted by atomic mass is 10.0. The minimum Gasteiger partial charge on any atom is -0.370 e. The summed E-state index contributed by atoms with van der Waals surface area (Å²) in [4.78, 5) is 20.2. The molecule has 32 heavy (non-hydrogen) atoms. The number of aromatic nitrogens is 1. The van der Waals surface area contributed by atoms with Crippen LogP contribution in [0.4, 0.5) is 10.1 Å². The van der Waals surface area contributed by atoms with Gasteiger partial charge in [-0.25, -0.2) is 4.39 Å². The minimum atomic E-state index is -0.475. The number of H-pyrrole nitrogens is 1. The number of aromatic amines is 1. The highest BCUT2D eigenvalue weighted by Crippen LogP contribution is 2.33. The number of nitrogens with zero attached hydrogens (tertiary/aromatic N) is 3. The molecule has 2 aromatic carbocycles. The van der Waals surface area contributed by atoms with E-state index < -0.39 is 5.82 Å². The van der Waals surface area contributed by atoms with Crippen LogP contribution in [0.15, 0.2) is 47.3 Å². The predicted molar refractivity (Wildman–Crippen MR) is 125 cm³/mol. The van der Waals surface area contributed by atoms with E-state index in [1.807, 2.05) is 18.2 Å². The molecule has 3 heterocycles. The molecule has 1 aromatic heterocycles. The van der Waals surface area contributed by atoms with E-state index in [1.54, 1.807) is 18.2 Å². The summed E-state index contributed by atoms with van der Waals surface area (Å²) >= 11 is 6.40. The van der Waals surface area contributed by atoms with Crippen LogP contribution >= 0.6 is 11.6 Å². The summed E-state index contributed by atoms with van der Waals surface area (Å²) in [6, 6.07) is 14.8. The van der Waals surface area contributed by atoms with Crippen LogP contribution in [-0.4, -0.2) is 42.1 Å². The number of hydrogen-bond donors (Lipinski definition) is 1. The Bertz CT molecular complexity index is 1260. The second-order valence-electron chi connectivity index (χ2n) is 8.73. The summed E-state index contributed by atoms with van der Waals surface area (Å²) < 4.78 is 14.0. The number of pyridine rings is 1. The Morgan fingerprint density at radius 3 is 2.66 bits per heavy atom. The molecule has 5 nitrogen and oxygen atoms in total. The average Bonchev–Trinajstić information content (AvgIpc) is 3.29. The Hall–Kier alpha value is -2.88. The van der Waals surface area contributed by atoms with E-state index in [-0.39, 0.29) is 16.9 Å². The number of nitrogens with one attached hydrogen (secondary N) is 1. The molecule has 0 saturated carbocycles. The van der Waals surface area contributed by atoms with Crippen molar-refractivity contribution in [3.63, 3.8) is 0 Å². The molecule has 7 heteroatoms. The quantitative estimate of drug-likeness (QED) is 0.630. The molecule has 0 bridgehead atoms. The first kappa shape index (κ1) is 21.0. The fraction of sp³-hybridized carbons (Fsp3) is 0.360. The molecular weight excluding hydrogens is 427 g/mol. The third kappa shape index (κ3) is 3.87. The topological polar surface area (TPSA) is 63.1 Å². The largest absolute Gasteiger partial charge is 0.370 e. The molecule has 0 radical (unpaired) electrons. The van der Waals surface area contributed by atoms with Crippen molar-refractivity contribution in [3.05, 3.63) is 74.9 Å². The fourth-order valence-electron chi connectivity index (χ4n) is 5.20. The molecule has 0 aliphatic carbocycles. The van der Waals surface area contributed by atoms with E-state index in [1.165, 1.54) is 6.07 Å². The summed E-state index contributed by atoms with van der Waals surface area (Å²) in [6.45, 7) is 3.74. The Morgan fingerprint density at radius 1 is 1.09 bits per heavy atom. The van der Waals surface area contributed by atoms with Gasteiger partial charge in [-0.3, -0.25) is 9.69 Å². The summed E-state index contributed by atoms with van der Waals surface area (Å²) in [7, 11) is 0. The maximum absolute atomic E-state index is 14.0. The lowest BCUT2D eigenvalue weighted by Crippen LogP contribution is -2.44. The van der Waals surface area contributed by atoms with E-state index in [9.17, 15) is 9.18 Å². The monoisotopic (exact) mass is 450 g/mol. The Kier molecular flexibility index (Phi) is 5.62. The van der Waals surface area contributed by atoms with E-state index in [2.05, 4.69) is 20.9 Å². The van der Waals surface area contributed by atoms with Crippen molar-refractivity contribution in [3.8, 4) is 6.07 Å². The molecule has 0 amide bonds. The predicted octanol–water partition coefficient (Wildman–Crippen LogP) is 4.65. The minimum absolute atomic E-state index is 0.139. The van der Waals surface area contributed by atoms with Gasteiger partial charge in [-0.2, -0.15) is 5.26 Å². The number of benzene rings is 2. The van der Waals surface area contributed by atoms with Crippen LogP contribution in [0, 0.1) is 17.1 Å². The number of hydrogen-bond acceptors (Lipinski definition) is 4. The van der Waals surface area contributed by atoms with Crippen LogP contribution in [0.5, 0.6) is 0 Å². The third-order valence-corrected chi connectivity index (χ3v) is 7.20. The number of likely N-dealkylation sites (tertiary alicyclic amines) is 1. The lowest BCUT2D eigenvalue weighted by molar-refractivity contribution is 0.205. The van der Waals surface area contributed by atoms with Crippen molar-refractivity contribution in [2.24, 2.45) is 0 Å². The normalized spacial score (nSPS) is 20.0. The van der Waals surface area contributed by atoms with Gasteiger partial charge in [-0.15, -0.1) is 0 Å². The lowest BCUT2D eigenvalue weighted by Gasteiger charge is -2.38. The van der Waals surface area contributed by atoms with Gasteiger partial charge in [0.15, 0.2) is 0 Å². The van der Waals surface area contributed by atoms with Gasteiger partial charge >= 0.3 is 0 Å². The first-order valence-corrected chi connectivity index (χ1v) is 11.4. The van der Waals surface area contributed by atoms with Gasteiger partial charge in [0, 0.05) is 37.3 Å². The Morgan fingerprint density at radius 2 is 1.91 bits per heavy atom. The van der Waals surface area contributed by atoms with Crippen molar-refractivity contribution < 1.29 is 4.39 Å². The second-order valence-corrected chi connectivity index (χ2v) is 9.14. The second kappa shape index (κ2) is 8.57. The standard InChI is InChI=1S/C25H24ClFN4O/c26-20-12-16(14-28)4-5-23(20)30-10-7-19(8-11-30)31-9-6-18(15-31)22-13-17-2-1-3-21(27)24(17)25(32)29-22/h1-5,12-13,18-19H,6-11,15H2,(H,29,32). The van der Waals surface area contributed by atoms with Crippen LogP contribution in [0.25, 0.3) is 10.8 Å². The van der Waals surface area contributed by atoms with E-state index in [0.717, 1.165) is 56.8 Å². The molecule has 2 fully saturated rings. The number of piperidine rings is 1. The molecule has 2 saturated heterocycles. The number of fused-ring (bicyclic) bond motifs is 1. The molecule has 1 N–H and O–H groups in total. The number of halogens is 2. The molecule has 3 aromatic rings. The SMILES string of the molecule is N#Cc1ccc(N2CCC(N3CCC(c4cc5cccc(F)c5c(=O)[nH]4)C3)CC2)c(Cl)c1. The summed E-state index contributed by atoms with van der Waals surface area (Å²) in [5.74, 6) is -0.223. The van der Waals surface area contributed by atoms with Crippen LogP contribution in [0.1, 0.15) is 36.4 Å². The van der Waals surface area contributed by atoms with Crippen LogP contribution in [-0.2, 0) is 0 Å². The molecule has 1 atom stereocenters. The fourth-order valence-corrected chi connectivity index (χ4v) is 5.50. The average molecular weight is 451 g/mol. The van der Waals surface area contributed by atoms with Crippen LogP contribution < -0.4 is 10.5 Å². The van der Waals surface area contributed by atoms with Crippen molar-refractivity contribution >= 4 is 28.1 Å². The van der Waals surface area contributed by atoms with Gasteiger partial charge in [0.05, 0.1) is 27.7 Å². The smallest absolute Gasteiger partial charge is 0.259 e. The van der Waals surface area contributed by atoms with Crippen molar-refractivity contribution in [1.82, 2.24) is 9.88 Å². The van der Waals surface area contributed by atoms with E-state index in [4.69, 9.17) is 16.9 Å². The van der Waals surface area contributed by atoms with Crippen LogP contribution in [0.2, 0.25) is 5.02 Å². The van der Waals surface area contributed by atoms with Gasteiger partial charge < -0.3 is 9.88 Å². The maximum atomic E-state index is 14.0. The first-order chi connectivity index (χ1) is 15.5. The van der Waals surface area contributed by atoms with Gasteiger partial charge in [0.1, 0.15) is 5.82 Å². The molecule has 0 spiro atoms. The Labute approximate surface area is 191 Å². The van der Waals surface area contributed by atoms with Crippen LogP contribution in [0.3, 0.4) is 0 Å². The van der Waals surface area contributed by atoms with Gasteiger partial charge in [0.25, 0.3) is 5.56 Å². The van der Waals surface area contributed by atoms with Crippen molar-refractivity contribution in [2.45, 2.75) is 31.2 Å². The Balaban J connectivity index is 1.25. The summed E-state index contributed by atoms with van der Waals surface area (Å²) in [6.07, 6.45) is 3.07. The van der Waals surface area contributed by atoms with E-state index >= 15 is 0 Å². The highest BCUT2D eigenvalue weighted by molar-refractivity contribution is 6.33. The highest BCUT2D eigenvalue weighted by Gasteiger charge is 2.32. The number of anilines is 1. The van der Waals surface area contributed by atoms with E-state index in [0.29, 0.717) is 22.0 Å². The molecule has 2 aliphatic rings. The summed E-state index contributed by atoms with van der Waals surface area (Å²) in [5.41, 5.74) is 2.12. The van der Waals surface area contributed by atoms with Crippen molar-refractivity contribution in [1.29, 1.82) is 5.26 Å². The molecule has 1 unspecified atom stereocenters. The highest BCUT2D eigenvalue weighted by atomic mass is 35.5. The third-order valence-electron chi connectivity index (χ3n) is 6.90. The van der Waals surface area contributed by atoms with Gasteiger partial charge in [0.2, 0.25) is 0 Å². The number of nitriles is 1. The number of rotatable bonds is 3. The zero-order chi connectivity index (χ0) is 22.2. The zero-order valence-electron chi connectivity index (χ0n) is 17.7. The first-order valence-electron chi connectivity index (χ1n) is 11.0. The molecular formula is C25H24ClFN4O. The molecule has 2 aliphatic heterocycles. The zero-order valence-corrected chi connectivity index (χ0v) is 18.4. The van der Waals surface area contributed by atoms with Gasteiger partial charge in [-0.1, -0.05) is 23.7 Å². The molecule has 164 valence electrons. The summed E-state index contributed by atoms with van der Waals surface area (Å²) in [5, 5.41) is 10.5. The molecule has 5 rings (SSSR count). The van der Waals surface area contributed by atoms with Gasteiger partial charge in [-0.05, 0) is 61.5 Å². The van der Waals surface area contributed by atoms with Crippen molar-refractivity contribution in [2.75, 3.05) is 31.1 Å². The maximum Gasteiger partial charge on any atom is 0.259 e.